The molecule has 0 saturated carbocycles. The third-order valence-electron chi connectivity index (χ3n) is 2.97. The Morgan fingerprint density at radius 3 is 3.00 bits per heavy atom. The number of rotatable bonds is 1. The van der Waals surface area contributed by atoms with Gasteiger partial charge in [-0.1, -0.05) is 18.2 Å². The van der Waals surface area contributed by atoms with Gasteiger partial charge in [0.2, 0.25) is 0 Å². The standard InChI is InChI=1S/C13H11NO4/c1-2-17-13(16)14-10-6-4-3-5-8(10)9-7-18-12(15)11(9)14/h3-6H,2,7H2,1H3. The van der Waals surface area contributed by atoms with Crippen molar-refractivity contribution < 1.29 is 19.1 Å². The maximum absolute atomic E-state index is 12.0. The van der Waals surface area contributed by atoms with Gasteiger partial charge < -0.3 is 9.47 Å². The van der Waals surface area contributed by atoms with Crippen LogP contribution in [-0.2, 0) is 16.1 Å². The smallest absolute Gasteiger partial charge is 0.419 e. The highest BCUT2D eigenvalue weighted by Crippen LogP contribution is 2.31. The number of aromatic nitrogens is 1. The van der Waals surface area contributed by atoms with E-state index in [4.69, 9.17) is 9.47 Å². The summed E-state index contributed by atoms with van der Waals surface area (Å²) < 4.78 is 11.3. The zero-order chi connectivity index (χ0) is 12.7. The second-order valence-corrected chi connectivity index (χ2v) is 3.95. The van der Waals surface area contributed by atoms with Crippen LogP contribution in [0.3, 0.4) is 0 Å². The van der Waals surface area contributed by atoms with E-state index in [0.29, 0.717) is 5.52 Å². The van der Waals surface area contributed by atoms with Gasteiger partial charge in [-0.3, -0.25) is 0 Å². The Bertz CT molecular complexity index is 656. The van der Waals surface area contributed by atoms with Gasteiger partial charge in [0.05, 0.1) is 12.1 Å². The van der Waals surface area contributed by atoms with Crippen LogP contribution in [0.2, 0.25) is 0 Å². The summed E-state index contributed by atoms with van der Waals surface area (Å²) in [5.41, 5.74) is 1.72. The molecule has 0 saturated heterocycles. The summed E-state index contributed by atoms with van der Waals surface area (Å²) in [4.78, 5) is 23.7. The molecule has 0 bridgehead atoms. The van der Waals surface area contributed by atoms with E-state index in [1.807, 2.05) is 18.2 Å². The van der Waals surface area contributed by atoms with E-state index in [0.717, 1.165) is 10.9 Å². The highest BCUT2D eigenvalue weighted by atomic mass is 16.6. The monoisotopic (exact) mass is 245 g/mol. The predicted molar refractivity (Wildman–Crippen MR) is 63.5 cm³/mol. The number of hydrogen-bond acceptors (Lipinski definition) is 4. The Morgan fingerprint density at radius 1 is 1.44 bits per heavy atom. The summed E-state index contributed by atoms with van der Waals surface area (Å²) in [5, 5.41) is 0.853. The minimum absolute atomic E-state index is 0.209. The average molecular weight is 245 g/mol. The maximum Gasteiger partial charge on any atom is 0.419 e. The van der Waals surface area contributed by atoms with E-state index < -0.39 is 12.1 Å². The Balaban J connectivity index is 2.32. The molecule has 3 rings (SSSR count). The highest BCUT2D eigenvalue weighted by Gasteiger charge is 2.32. The quantitative estimate of drug-likeness (QED) is 0.723. The van der Waals surface area contributed by atoms with Crippen molar-refractivity contribution >= 4 is 23.0 Å². The minimum atomic E-state index is -0.547. The van der Waals surface area contributed by atoms with Gasteiger partial charge in [0.1, 0.15) is 12.3 Å². The first kappa shape index (κ1) is 10.8. The first-order valence-electron chi connectivity index (χ1n) is 5.70. The van der Waals surface area contributed by atoms with E-state index in [2.05, 4.69) is 0 Å². The van der Waals surface area contributed by atoms with Crippen molar-refractivity contribution in [3.8, 4) is 0 Å². The lowest BCUT2D eigenvalue weighted by atomic mass is 10.1. The predicted octanol–water partition coefficient (Wildman–Crippen LogP) is 2.32. The molecule has 1 aromatic carbocycles. The number of hydrogen-bond donors (Lipinski definition) is 0. The highest BCUT2D eigenvalue weighted by molar-refractivity contribution is 6.06. The van der Waals surface area contributed by atoms with Crippen molar-refractivity contribution in [3.63, 3.8) is 0 Å². The van der Waals surface area contributed by atoms with E-state index in [9.17, 15) is 9.59 Å². The van der Waals surface area contributed by atoms with Crippen molar-refractivity contribution in [3.05, 3.63) is 35.5 Å². The topological polar surface area (TPSA) is 57.5 Å². The molecule has 0 atom stereocenters. The summed E-state index contributed by atoms with van der Waals surface area (Å²) in [6.07, 6.45) is -0.547. The van der Waals surface area contributed by atoms with Crippen molar-refractivity contribution in [1.29, 1.82) is 0 Å². The van der Waals surface area contributed by atoms with Crippen LogP contribution in [0.15, 0.2) is 24.3 Å². The summed E-state index contributed by atoms with van der Waals surface area (Å²) in [6.45, 7) is 2.19. The van der Waals surface area contributed by atoms with E-state index >= 15 is 0 Å². The number of fused-ring (bicyclic) bond motifs is 3. The van der Waals surface area contributed by atoms with Crippen LogP contribution in [0.5, 0.6) is 0 Å². The molecule has 2 heterocycles. The van der Waals surface area contributed by atoms with E-state index in [1.165, 1.54) is 4.57 Å². The third kappa shape index (κ3) is 1.33. The van der Waals surface area contributed by atoms with Gasteiger partial charge in [-0.2, -0.15) is 0 Å². The van der Waals surface area contributed by atoms with Gasteiger partial charge in [0.15, 0.2) is 0 Å². The summed E-state index contributed by atoms with van der Waals surface area (Å²) in [5.74, 6) is -0.478. The van der Waals surface area contributed by atoms with Crippen molar-refractivity contribution in [2.75, 3.05) is 6.61 Å². The molecule has 5 nitrogen and oxygen atoms in total. The molecular formula is C13H11NO4. The van der Waals surface area contributed by atoms with Crippen molar-refractivity contribution in [1.82, 2.24) is 4.57 Å². The molecular weight excluding hydrogens is 234 g/mol. The molecule has 0 amide bonds. The van der Waals surface area contributed by atoms with Gasteiger partial charge in [-0.15, -0.1) is 0 Å². The fourth-order valence-electron chi connectivity index (χ4n) is 2.25. The molecule has 0 fully saturated rings. The molecule has 5 heteroatoms. The number of para-hydroxylation sites is 1. The molecule has 0 unspecified atom stereocenters. The fourth-order valence-corrected chi connectivity index (χ4v) is 2.25. The molecule has 2 aromatic rings. The van der Waals surface area contributed by atoms with E-state index in [-0.39, 0.29) is 18.9 Å². The van der Waals surface area contributed by atoms with Gasteiger partial charge in [0, 0.05) is 10.9 Å². The zero-order valence-corrected chi connectivity index (χ0v) is 9.80. The van der Waals surface area contributed by atoms with Crippen LogP contribution >= 0.6 is 0 Å². The minimum Gasteiger partial charge on any atom is -0.456 e. The lowest BCUT2D eigenvalue weighted by Crippen LogP contribution is -2.18. The average Bonchev–Trinajstić information content (AvgIpc) is 2.89. The lowest BCUT2D eigenvalue weighted by Gasteiger charge is -2.06. The van der Waals surface area contributed by atoms with Crippen LogP contribution in [0.4, 0.5) is 4.79 Å². The number of carbonyl (C=O) groups is 2. The summed E-state index contributed by atoms with van der Waals surface area (Å²) >= 11 is 0. The van der Waals surface area contributed by atoms with Crippen LogP contribution in [-0.4, -0.2) is 23.2 Å². The van der Waals surface area contributed by atoms with Crippen LogP contribution < -0.4 is 0 Å². The number of ether oxygens (including phenoxy) is 2. The van der Waals surface area contributed by atoms with E-state index in [1.54, 1.807) is 13.0 Å². The van der Waals surface area contributed by atoms with Gasteiger partial charge in [0.25, 0.3) is 0 Å². The van der Waals surface area contributed by atoms with Crippen LogP contribution in [0.1, 0.15) is 23.0 Å². The van der Waals surface area contributed by atoms with Gasteiger partial charge >= 0.3 is 12.1 Å². The van der Waals surface area contributed by atoms with Gasteiger partial charge in [-0.25, -0.2) is 14.2 Å². The number of esters is 1. The lowest BCUT2D eigenvalue weighted by molar-refractivity contribution is 0.0525. The van der Waals surface area contributed by atoms with Crippen molar-refractivity contribution in [2.24, 2.45) is 0 Å². The maximum atomic E-state index is 12.0. The Morgan fingerprint density at radius 2 is 2.22 bits per heavy atom. The Kier molecular flexibility index (Phi) is 2.33. The Hall–Kier alpha value is -2.30. The van der Waals surface area contributed by atoms with Crippen molar-refractivity contribution in [2.45, 2.75) is 13.5 Å². The molecule has 18 heavy (non-hydrogen) atoms. The summed E-state index contributed by atoms with van der Waals surface area (Å²) in [6, 6.07) is 7.34. The second-order valence-electron chi connectivity index (χ2n) is 3.95. The molecule has 1 aliphatic rings. The normalized spacial score (nSPS) is 13.5. The van der Waals surface area contributed by atoms with Crippen LogP contribution in [0, 0.1) is 0 Å². The summed E-state index contributed by atoms with van der Waals surface area (Å²) in [7, 11) is 0. The molecule has 0 N–H and O–H groups in total. The second kappa shape index (κ2) is 3.87. The number of benzene rings is 1. The Labute approximate surface area is 103 Å². The SMILES string of the molecule is CCOC(=O)n1c2c(c3ccccc31)COC2=O. The first-order chi connectivity index (χ1) is 8.74. The number of carbonyl (C=O) groups excluding carboxylic acids is 2. The van der Waals surface area contributed by atoms with Crippen LogP contribution in [0.25, 0.3) is 10.9 Å². The fraction of sp³-hybridized carbons (Fsp3) is 0.231. The number of nitrogens with zero attached hydrogens (tertiary/aromatic N) is 1. The third-order valence-corrected chi connectivity index (χ3v) is 2.97. The molecule has 92 valence electrons. The largest absolute Gasteiger partial charge is 0.456 e. The molecule has 0 aliphatic carbocycles. The molecule has 0 radical (unpaired) electrons. The zero-order valence-electron chi connectivity index (χ0n) is 9.80. The van der Waals surface area contributed by atoms with Gasteiger partial charge in [-0.05, 0) is 13.0 Å². The first-order valence-corrected chi connectivity index (χ1v) is 5.70. The molecule has 0 spiro atoms. The molecule has 1 aromatic heterocycles. The molecule has 1 aliphatic heterocycles. The number of cyclic esters (lactones) is 1.